The number of carbonyl (C=O) groups is 1. The quantitative estimate of drug-likeness (QED) is 0.638. The molecular formula is C10H19NO4. The number of hydrogen-bond acceptors (Lipinski definition) is 4. The van der Waals surface area contributed by atoms with E-state index in [9.17, 15) is 4.79 Å². The van der Waals surface area contributed by atoms with Gasteiger partial charge in [-0.05, 0) is 6.42 Å². The molecule has 0 bridgehead atoms. The van der Waals surface area contributed by atoms with E-state index in [0.29, 0.717) is 32.8 Å². The van der Waals surface area contributed by atoms with E-state index in [1.807, 2.05) is 0 Å². The normalized spacial score (nSPS) is 21.7. The fourth-order valence-corrected chi connectivity index (χ4v) is 1.65. The van der Waals surface area contributed by atoms with Gasteiger partial charge in [0.1, 0.15) is 0 Å². The minimum Gasteiger partial charge on any atom is -0.394 e. The molecule has 0 spiro atoms. The zero-order chi connectivity index (χ0) is 11.1. The van der Waals surface area contributed by atoms with Crippen molar-refractivity contribution in [1.29, 1.82) is 0 Å². The number of nitrogens with zero attached hydrogens (tertiary/aromatic N) is 1. The third-order valence-corrected chi connectivity index (χ3v) is 2.50. The number of carbonyl (C=O) groups excluding carboxylic acids is 1. The third-order valence-electron chi connectivity index (χ3n) is 2.50. The van der Waals surface area contributed by atoms with Gasteiger partial charge in [-0.1, -0.05) is 0 Å². The van der Waals surface area contributed by atoms with Crippen molar-refractivity contribution < 1.29 is 19.4 Å². The van der Waals surface area contributed by atoms with Crippen LogP contribution in [0.5, 0.6) is 0 Å². The SMILES string of the molecule is COCCCC(=O)N1CCOCC1CO. The summed E-state index contributed by atoms with van der Waals surface area (Å²) < 4.78 is 10.1. The average Bonchev–Trinajstić information content (AvgIpc) is 2.29. The van der Waals surface area contributed by atoms with Crippen LogP contribution < -0.4 is 0 Å². The monoisotopic (exact) mass is 217 g/mol. The maximum atomic E-state index is 11.7. The van der Waals surface area contributed by atoms with Crippen molar-refractivity contribution in [2.75, 3.05) is 40.1 Å². The fourth-order valence-electron chi connectivity index (χ4n) is 1.65. The van der Waals surface area contributed by atoms with Crippen molar-refractivity contribution in [3.8, 4) is 0 Å². The second kappa shape index (κ2) is 6.76. The Bertz CT molecular complexity index is 198. The molecule has 0 saturated carbocycles. The highest BCUT2D eigenvalue weighted by molar-refractivity contribution is 5.76. The maximum Gasteiger partial charge on any atom is 0.223 e. The summed E-state index contributed by atoms with van der Waals surface area (Å²) in [6.07, 6.45) is 1.20. The molecule has 5 heteroatoms. The van der Waals surface area contributed by atoms with Crippen LogP contribution >= 0.6 is 0 Å². The lowest BCUT2D eigenvalue weighted by Crippen LogP contribution is -2.50. The molecule has 0 aromatic heterocycles. The largest absolute Gasteiger partial charge is 0.394 e. The van der Waals surface area contributed by atoms with E-state index in [-0.39, 0.29) is 18.6 Å². The van der Waals surface area contributed by atoms with E-state index in [2.05, 4.69) is 0 Å². The van der Waals surface area contributed by atoms with Gasteiger partial charge in [-0.2, -0.15) is 0 Å². The Morgan fingerprint density at radius 3 is 3.13 bits per heavy atom. The summed E-state index contributed by atoms with van der Waals surface area (Å²) in [6, 6.07) is -0.172. The van der Waals surface area contributed by atoms with Gasteiger partial charge in [0.25, 0.3) is 0 Å². The number of aliphatic hydroxyl groups excluding tert-OH is 1. The summed E-state index contributed by atoms with van der Waals surface area (Å²) in [5, 5.41) is 9.08. The first-order chi connectivity index (χ1) is 7.29. The highest BCUT2D eigenvalue weighted by atomic mass is 16.5. The molecule has 88 valence electrons. The zero-order valence-corrected chi connectivity index (χ0v) is 9.15. The minimum absolute atomic E-state index is 0.0317. The van der Waals surface area contributed by atoms with Gasteiger partial charge in [-0.3, -0.25) is 4.79 Å². The first kappa shape index (κ1) is 12.4. The highest BCUT2D eigenvalue weighted by Gasteiger charge is 2.25. The Morgan fingerprint density at radius 2 is 2.47 bits per heavy atom. The van der Waals surface area contributed by atoms with Crippen molar-refractivity contribution in [3.05, 3.63) is 0 Å². The number of aliphatic hydroxyl groups is 1. The number of hydrogen-bond donors (Lipinski definition) is 1. The topological polar surface area (TPSA) is 59.0 Å². The second-order valence-electron chi connectivity index (χ2n) is 3.59. The molecule has 1 unspecified atom stereocenters. The van der Waals surface area contributed by atoms with Gasteiger partial charge in [0.15, 0.2) is 0 Å². The molecular weight excluding hydrogens is 198 g/mol. The summed E-state index contributed by atoms with van der Waals surface area (Å²) in [4.78, 5) is 13.5. The van der Waals surface area contributed by atoms with Crippen LogP contribution in [0.4, 0.5) is 0 Å². The number of morpholine rings is 1. The van der Waals surface area contributed by atoms with Gasteiger partial charge in [-0.15, -0.1) is 0 Å². The molecule has 1 rings (SSSR count). The molecule has 0 radical (unpaired) electrons. The van der Waals surface area contributed by atoms with Crippen molar-refractivity contribution >= 4 is 5.91 Å². The van der Waals surface area contributed by atoms with Crippen LogP contribution in [0.1, 0.15) is 12.8 Å². The Labute approximate surface area is 90.0 Å². The summed E-state index contributed by atoms with van der Waals surface area (Å²) in [5.74, 6) is 0.0781. The second-order valence-corrected chi connectivity index (χ2v) is 3.59. The van der Waals surface area contributed by atoms with Gasteiger partial charge >= 0.3 is 0 Å². The lowest BCUT2D eigenvalue weighted by molar-refractivity contribution is -0.141. The molecule has 0 aromatic carbocycles. The van der Waals surface area contributed by atoms with Crippen LogP contribution in [-0.4, -0.2) is 62.0 Å². The summed E-state index contributed by atoms with van der Waals surface area (Å²) >= 11 is 0. The van der Waals surface area contributed by atoms with E-state index >= 15 is 0 Å². The third kappa shape index (κ3) is 3.77. The summed E-state index contributed by atoms with van der Waals surface area (Å²) in [7, 11) is 1.62. The number of amides is 1. The predicted molar refractivity (Wildman–Crippen MR) is 54.5 cm³/mol. The molecule has 1 saturated heterocycles. The van der Waals surface area contributed by atoms with Crippen LogP contribution in [-0.2, 0) is 14.3 Å². The molecule has 1 aliphatic rings. The van der Waals surface area contributed by atoms with Crippen LogP contribution in [0, 0.1) is 0 Å². The molecule has 0 aromatic rings. The van der Waals surface area contributed by atoms with Crippen molar-refractivity contribution in [1.82, 2.24) is 4.90 Å². The van der Waals surface area contributed by atoms with E-state index in [1.165, 1.54) is 0 Å². The highest BCUT2D eigenvalue weighted by Crippen LogP contribution is 2.09. The van der Waals surface area contributed by atoms with Crippen LogP contribution in [0.3, 0.4) is 0 Å². The summed E-state index contributed by atoms with van der Waals surface area (Å²) in [6.45, 7) is 2.14. The number of methoxy groups -OCH3 is 1. The Hall–Kier alpha value is -0.650. The van der Waals surface area contributed by atoms with Crippen LogP contribution in [0.15, 0.2) is 0 Å². The number of rotatable bonds is 5. The molecule has 1 fully saturated rings. The molecule has 5 nitrogen and oxygen atoms in total. The Morgan fingerprint density at radius 1 is 1.67 bits per heavy atom. The molecule has 0 aliphatic carbocycles. The molecule has 1 atom stereocenters. The zero-order valence-electron chi connectivity index (χ0n) is 9.15. The molecule has 1 N–H and O–H groups in total. The van der Waals surface area contributed by atoms with Crippen molar-refractivity contribution in [2.45, 2.75) is 18.9 Å². The van der Waals surface area contributed by atoms with Gasteiger partial charge in [-0.25, -0.2) is 0 Å². The van der Waals surface area contributed by atoms with Crippen LogP contribution in [0.25, 0.3) is 0 Å². The maximum absolute atomic E-state index is 11.7. The molecule has 1 heterocycles. The Balaban J connectivity index is 2.34. The first-order valence-electron chi connectivity index (χ1n) is 5.26. The lowest BCUT2D eigenvalue weighted by Gasteiger charge is -2.34. The van der Waals surface area contributed by atoms with Crippen molar-refractivity contribution in [3.63, 3.8) is 0 Å². The van der Waals surface area contributed by atoms with Crippen molar-refractivity contribution in [2.24, 2.45) is 0 Å². The Kier molecular flexibility index (Phi) is 5.60. The average molecular weight is 217 g/mol. The van der Waals surface area contributed by atoms with E-state index < -0.39 is 0 Å². The molecule has 15 heavy (non-hydrogen) atoms. The standard InChI is InChI=1S/C10H19NO4/c1-14-5-2-3-10(13)11-4-6-15-8-9(11)7-12/h9,12H,2-8H2,1H3. The smallest absolute Gasteiger partial charge is 0.223 e. The van der Waals surface area contributed by atoms with Crippen LogP contribution in [0.2, 0.25) is 0 Å². The fraction of sp³-hybridized carbons (Fsp3) is 0.900. The molecule has 1 aliphatic heterocycles. The van der Waals surface area contributed by atoms with Gasteiger partial charge in [0.05, 0.1) is 25.9 Å². The molecule has 1 amide bonds. The van der Waals surface area contributed by atoms with E-state index in [1.54, 1.807) is 12.0 Å². The summed E-state index contributed by atoms with van der Waals surface area (Å²) in [5.41, 5.74) is 0. The number of ether oxygens (including phenoxy) is 2. The lowest BCUT2D eigenvalue weighted by atomic mass is 10.2. The van der Waals surface area contributed by atoms with Gasteiger partial charge in [0.2, 0.25) is 5.91 Å². The van der Waals surface area contributed by atoms with E-state index in [4.69, 9.17) is 14.6 Å². The van der Waals surface area contributed by atoms with Gasteiger partial charge in [0, 0.05) is 26.7 Å². The van der Waals surface area contributed by atoms with Gasteiger partial charge < -0.3 is 19.5 Å². The van der Waals surface area contributed by atoms with E-state index in [0.717, 1.165) is 6.42 Å². The minimum atomic E-state index is -0.172. The first-order valence-corrected chi connectivity index (χ1v) is 5.26. The predicted octanol–water partition coefficient (Wildman–Crippen LogP) is -0.367.